The number of benzene rings is 2. The van der Waals surface area contributed by atoms with Crippen LogP contribution in [0.15, 0.2) is 42.5 Å². The summed E-state index contributed by atoms with van der Waals surface area (Å²) in [6.45, 7) is 4.19. The minimum absolute atomic E-state index is 0.171. The third-order valence-electron chi connectivity index (χ3n) is 4.24. The number of thiazole rings is 1. The highest BCUT2D eigenvalue weighted by Crippen LogP contribution is 2.35. The van der Waals surface area contributed by atoms with Crippen molar-refractivity contribution in [2.45, 2.75) is 20.3 Å². The minimum Gasteiger partial charge on any atom is -0.454 e. The van der Waals surface area contributed by atoms with Crippen LogP contribution in [0.2, 0.25) is 0 Å². The molecule has 0 aliphatic carbocycles. The number of anilines is 1. The van der Waals surface area contributed by atoms with Gasteiger partial charge in [-0.1, -0.05) is 31.2 Å². The van der Waals surface area contributed by atoms with E-state index in [9.17, 15) is 4.79 Å². The van der Waals surface area contributed by atoms with E-state index in [1.807, 2.05) is 6.92 Å². The number of rotatable bonds is 4. The Morgan fingerprint density at radius 2 is 1.92 bits per heavy atom. The second-order valence-electron chi connectivity index (χ2n) is 6.01. The highest BCUT2D eigenvalue weighted by molar-refractivity contribution is 7.17. The lowest BCUT2D eigenvalue weighted by Crippen LogP contribution is -2.11. The van der Waals surface area contributed by atoms with Crippen molar-refractivity contribution in [3.05, 3.63) is 58.6 Å². The molecule has 0 spiro atoms. The standard InChI is InChI=1S/C20H18N2O3S/c1-3-13-4-6-14(7-5-13)20-21-12(2)18(26-20)19(23)22-15-8-9-16-17(10-15)25-11-24-16/h4-10H,3,11H2,1-2H3,(H,22,23). The van der Waals surface area contributed by atoms with E-state index in [1.165, 1.54) is 16.9 Å². The molecule has 0 bridgehead atoms. The number of carbonyl (C=O) groups is 1. The van der Waals surface area contributed by atoms with Crippen molar-refractivity contribution in [2.75, 3.05) is 12.1 Å². The zero-order valence-electron chi connectivity index (χ0n) is 14.5. The number of aromatic nitrogens is 1. The van der Waals surface area contributed by atoms with Gasteiger partial charge in [0.05, 0.1) is 5.69 Å². The normalized spacial score (nSPS) is 12.2. The van der Waals surface area contributed by atoms with Crippen LogP contribution in [0.3, 0.4) is 0 Å². The Morgan fingerprint density at radius 1 is 1.15 bits per heavy atom. The predicted octanol–water partition coefficient (Wildman–Crippen LogP) is 4.66. The van der Waals surface area contributed by atoms with Crippen LogP contribution in [0.5, 0.6) is 11.5 Å². The Morgan fingerprint density at radius 3 is 2.69 bits per heavy atom. The van der Waals surface area contributed by atoms with E-state index < -0.39 is 0 Å². The molecule has 6 heteroatoms. The SMILES string of the molecule is CCc1ccc(-c2nc(C)c(C(=O)Nc3ccc4c(c3)OCO4)s2)cc1. The third kappa shape index (κ3) is 3.15. The zero-order valence-corrected chi connectivity index (χ0v) is 15.4. The van der Waals surface area contributed by atoms with Gasteiger partial charge in [0.2, 0.25) is 6.79 Å². The molecule has 5 nitrogen and oxygen atoms in total. The molecular formula is C20H18N2O3S. The van der Waals surface area contributed by atoms with Crippen molar-refractivity contribution in [3.63, 3.8) is 0 Å². The molecule has 0 saturated carbocycles. The van der Waals surface area contributed by atoms with Crippen molar-refractivity contribution >= 4 is 22.9 Å². The predicted molar refractivity (Wildman–Crippen MR) is 102 cm³/mol. The van der Waals surface area contributed by atoms with E-state index in [4.69, 9.17) is 9.47 Å². The molecule has 0 radical (unpaired) electrons. The lowest BCUT2D eigenvalue weighted by atomic mass is 10.1. The maximum absolute atomic E-state index is 12.7. The highest BCUT2D eigenvalue weighted by Gasteiger charge is 2.18. The Hall–Kier alpha value is -2.86. The van der Waals surface area contributed by atoms with Gasteiger partial charge in [0.25, 0.3) is 5.91 Å². The van der Waals surface area contributed by atoms with E-state index >= 15 is 0 Å². The first-order valence-electron chi connectivity index (χ1n) is 8.42. The number of amides is 1. The third-order valence-corrected chi connectivity index (χ3v) is 5.45. The number of nitrogens with one attached hydrogen (secondary N) is 1. The van der Waals surface area contributed by atoms with E-state index in [0.717, 1.165) is 22.7 Å². The Balaban J connectivity index is 1.55. The average molecular weight is 366 g/mol. The van der Waals surface area contributed by atoms with E-state index in [2.05, 4.69) is 41.5 Å². The first-order chi connectivity index (χ1) is 12.6. The number of aryl methyl sites for hydroxylation is 2. The topological polar surface area (TPSA) is 60.5 Å². The van der Waals surface area contributed by atoms with Crippen LogP contribution < -0.4 is 14.8 Å². The molecule has 1 aliphatic heterocycles. The van der Waals surface area contributed by atoms with Gasteiger partial charge < -0.3 is 14.8 Å². The maximum Gasteiger partial charge on any atom is 0.267 e. The van der Waals surface area contributed by atoms with Crippen LogP contribution in [-0.4, -0.2) is 17.7 Å². The second kappa shape index (κ2) is 6.80. The summed E-state index contributed by atoms with van der Waals surface area (Å²) < 4.78 is 10.6. The van der Waals surface area contributed by atoms with Gasteiger partial charge in [-0.05, 0) is 31.0 Å². The number of hydrogen-bond acceptors (Lipinski definition) is 5. The van der Waals surface area contributed by atoms with Crippen molar-refractivity contribution in [3.8, 4) is 22.1 Å². The summed E-state index contributed by atoms with van der Waals surface area (Å²) >= 11 is 1.40. The van der Waals surface area contributed by atoms with Crippen LogP contribution in [0.4, 0.5) is 5.69 Å². The summed E-state index contributed by atoms with van der Waals surface area (Å²) in [7, 11) is 0. The first kappa shape index (κ1) is 16.6. The molecule has 2 heterocycles. The summed E-state index contributed by atoms with van der Waals surface area (Å²) in [5, 5.41) is 3.76. The van der Waals surface area contributed by atoms with Crippen LogP contribution in [-0.2, 0) is 6.42 Å². The van der Waals surface area contributed by atoms with Gasteiger partial charge >= 0.3 is 0 Å². The number of carbonyl (C=O) groups excluding carboxylic acids is 1. The Kier molecular flexibility index (Phi) is 4.34. The highest BCUT2D eigenvalue weighted by atomic mass is 32.1. The lowest BCUT2D eigenvalue weighted by Gasteiger charge is -2.05. The van der Waals surface area contributed by atoms with E-state index in [1.54, 1.807) is 18.2 Å². The van der Waals surface area contributed by atoms with Gasteiger partial charge in [-0.3, -0.25) is 4.79 Å². The van der Waals surface area contributed by atoms with Gasteiger partial charge in [0, 0.05) is 17.3 Å². The fraction of sp³-hybridized carbons (Fsp3) is 0.200. The van der Waals surface area contributed by atoms with Gasteiger partial charge in [-0.15, -0.1) is 11.3 Å². The molecule has 1 amide bonds. The molecule has 1 aliphatic rings. The molecule has 2 aromatic carbocycles. The Bertz CT molecular complexity index is 964. The van der Waals surface area contributed by atoms with Crippen molar-refractivity contribution in [1.29, 1.82) is 0 Å². The molecule has 0 fully saturated rings. The smallest absolute Gasteiger partial charge is 0.267 e. The zero-order chi connectivity index (χ0) is 18.1. The summed E-state index contributed by atoms with van der Waals surface area (Å²) in [5.41, 5.74) is 3.70. The van der Waals surface area contributed by atoms with Crippen LogP contribution in [0.25, 0.3) is 10.6 Å². The maximum atomic E-state index is 12.7. The molecule has 0 saturated heterocycles. The van der Waals surface area contributed by atoms with E-state index in [0.29, 0.717) is 22.1 Å². The molecule has 1 N–H and O–H groups in total. The average Bonchev–Trinajstić information content (AvgIpc) is 3.27. The molecule has 1 aromatic heterocycles. The lowest BCUT2D eigenvalue weighted by molar-refractivity contribution is 0.103. The number of fused-ring (bicyclic) bond motifs is 1. The molecule has 132 valence electrons. The fourth-order valence-corrected chi connectivity index (χ4v) is 3.74. The number of nitrogens with zero attached hydrogens (tertiary/aromatic N) is 1. The van der Waals surface area contributed by atoms with Gasteiger partial charge in [-0.25, -0.2) is 4.98 Å². The number of hydrogen-bond donors (Lipinski definition) is 1. The van der Waals surface area contributed by atoms with Crippen molar-refractivity contribution in [1.82, 2.24) is 4.98 Å². The summed E-state index contributed by atoms with van der Waals surface area (Å²) in [4.78, 5) is 17.8. The summed E-state index contributed by atoms with van der Waals surface area (Å²) in [5.74, 6) is 1.16. The fourth-order valence-electron chi connectivity index (χ4n) is 2.78. The molecule has 4 rings (SSSR count). The minimum atomic E-state index is -0.171. The van der Waals surface area contributed by atoms with Gasteiger partial charge in [0.1, 0.15) is 9.88 Å². The van der Waals surface area contributed by atoms with Gasteiger partial charge in [0.15, 0.2) is 11.5 Å². The number of ether oxygens (including phenoxy) is 2. The van der Waals surface area contributed by atoms with Crippen LogP contribution >= 0.6 is 11.3 Å². The Labute approximate surface area is 155 Å². The molecular weight excluding hydrogens is 348 g/mol. The van der Waals surface area contributed by atoms with Crippen molar-refractivity contribution < 1.29 is 14.3 Å². The molecule has 0 unspecified atom stereocenters. The summed E-state index contributed by atoms with van der Waals surface area (Å²) in [6, 6.07) is 13.6. The monoisotopic (exact) mass is 366 g/mol. The van der Waals surface area contributed by atoms with E-state index in [-0.39, 0.29) is 12.7 Å². The molecule has 26 heavy (non-hydrogen) atoms. The first-order valence-corrected chi connectivity index (χ1v) is 9.23. The largest absolute Gasteiger partial charge is 0.454 e. The van der Waals surface area contributed by atoms with Crippen molar-refractivity contribution in [2.24, 2.45) is 0 Å². The van der Waals surface area contributed by atoms with Crippen LogP contribution in [0, 0.1) is 6.92 Å². The summed E-state index contributed by atoms with van der Waals surface area (Å²) in [6.07, 6.45) is 1.00. The van der Waals surface area contributed by atoms with Gasteiger partial charge in [-0.2, -0.15) is 0 Å². The second-order valence-corrected chi connectivity index (χ2v) is 7.01. The van der Waals surface area contributed by atoms with Crippen LogP contribution in [0.1, 0.15) is 27.9 Å². The quantitative estimate of drug-likeness (QED) is 0.729. The molecule has 0 atom stereocenters. The molecule has 3 aromatic rings.